The summed E-state index contributed by atoms with van der Waals surface area (Å²) in [6.07, 6.45) is 8.03. The van der Waals surface area contributed by atoms with E-state index in [-0.39, 0.29) is 5.92 Å². The minimum Gasteiger partial charge on any atom is -0.379 e. The topological polar surface area (TPSA) is 36.0 Å². The number of carbonyl (C=O) groups excluding carboxylic acids is 1. The van der Waals surface area contributed by atoms with Gasteiger partial charge in [-0.1, -0.05) is 30.3 Å². The van der Waals surface area contributed by atoms with Gasteiger partial charge in [0.15, 0.2) is 0 Å². The van der Waals surface area contributed by atoms with Crippen molar-refractivity contribution >= 4 is 5.91 Å². The fraction of sp³-hybridized carbons (Fsp3) is 0.720. The van der Waals surface area contributed by atoms with E-state index in [9.17, 15) is 4.79 Å². The maximum absolute atomic E-state index is 12.9. The van der Waals surface area contributed by atoms with Crippen LogP contribution in [-0.2, 0) is 16.0 Å². The molecule has 5 nitrogen and oxygen atoms in total. The molecule has 0 aromatic heterocycles. The van der Waals surface area contributed by atoms with Crippen molar-refractivity contribution in [3.05, 3.63) is 35.9 Å². The molecule has 1 atom stereocenters. The predicted molar refractivity (Wildman–Crippen MR) is 121 cm³/mol. The first-order chi connectivity index (χ1) is 14.7. The Kier molecular flexibility index (Phi) is 7.80. The van der Waals surface area contributed by atoms with Crippen molar-refractivity contribution < 1.29 is 9.53 Å². The van der Waals surface area contributed by atoms with Gasteiger partial charge in [0, 0.05) is 25.6 Å². The molecule has 3 fully saturated rings. The largest absolute Gasteiger partial charge is 0.379 e. The predicted octanol–water partition coefficient (Wildman–Crippen LogP) is 3.04. The summed E-state index contributed by atoms with van der Waals surface area (Å²) < 4.78 is 5.46. The lowest BCUT2D eigenvalue weighted by atomic mass is 9.92. The Morgan fingerprint density at radius 3 is 2.43 bits per heavy atom. The summed E-state index contributed by atoms with van der Waals surface area (Å²) in [6.45, 7) is 7.35. The quantitative estimate of drug-likeness (QED) is 0.688. The van der Waals surface area contributed by atoms with Crippen molar-refractivity contribution in [2.45, 2.75) is 57.0 Å². The molecule has 4 rings (SSSR count). The highest BCUT2D eigenvalue weighted by atomic mass is 16.5. The number of ether oxygens (including phenoxy) is 1. The fourth-order valence-electron chi connectivity index (χ4n) is 5.47. The zero-order chi connectivity index (χ0) is 20.8. The van der Waals surface area contributed by atoms with Crippen molar-refractivity contribution in [2.24, 2.45) is 5.92 Å². The summed E-state index contributed by atoms with van der Waals surface area (Å²) in [5.74, 6) is 0.559. The Labute approximate surface area is 182 Å². The number of rotatable bonds is 7. The van der Waals surface area contributed by atoms with Gasteiger partial charge in [-0.3, -0.25) is 4.79 Å². The zero-order valence-corrected chi connectivity index (χ0v) is 18.7. The molecule has 166 valence electrons. The number of aryl methyl sites for hydroxylation is 1. The summed E-state index contributed by atoms with van der Waals surface area (Å²) in [6, 6.07) is 11.8. The van der Waals surface area contributed by atoms with Gasteiger partial charge in [-0.05, 0) is 83.2 Å². The second-order valence-electron chi connectivity index (χ2n) is 9.44. The van der Waals surface area contributed by atoms with Gasteiger partial charge in [0.25, 0.3) is 0 Å². The molecule has 0 spiro atoms. The summed E-state index contributed by atoms with van der Waals surface area (Å²) in [5.41, 5.74) is 1.45. The molecule has 3 heterocycles. The second kappa shape index (κ2) is 10.7. The van der Waals surface area contributed by atoms with Crippen molar-refractivity contribution in [1.29, 1.82) is 0 Å². The van der Waals surface area contributed by atoms with Crippen molar-refractivity contribution in [3.63, 3.8) is 0 Å². The van der Waals surface area contributed by atoms with Crippen LogP contribution in [0.3, 0.4) is 0 Å². The molecule has 3 aliphatic heterocycles. The van der Waals surface area contributed by atoms with Crippen LogP contribution in [0.25, 0.3) is 0 Å². The van der Waals surface area contributed by atoms with Crippen LogP contribution < -0.4 is 0 Å². The van der Waals surface area contributed by atoms with Crippen LogP contribution in [-0.4, -0.2) is 85.7 Å². The molecule has 1 aromatic carbocycles. The highest BCUT2D eigenvalue weighted by Crippen LogP contribution is 2.26. The SMILES string of the molecule is CN(C(=O)C1CCN(C2CCN(CCCc3ccccc3)CC2)CC1)[C@H]1CCOC1. The van der Waals surface area contributed by atoms with Crippen LogP contribution in [0.4, 0.5) is 0 Å². The maximum Gasteiger partial charge on any atom is 0.225 e. The number of benzene rings is 1. The number of carbonyl (C=O) groups is 1. The lowest BCUT2D eigenvalue weighted by molar-refractivity contribution is -0.138. The number of hydrogen-bond acceptors (Lipinski definition) is 4. The van der Waals surface area contributed by atoms with E-state index in [2.05, 4.69) is 40.1 Å². The molecule has 30 heavy (non-hydrogen) atoms. The number of amides is 1. The van der Waals surface area contributed by atoms with E-state index in [1.807, 2.05) is 11.9 Å². The third-order valence-corrected chi connectivity index (χ3v) is 7.54. The van der Waals surface area contributed by atoms with E-state index in [0.717, 1.165) is 39.0 Å². The minimum absolute atomic E-state index is 0.213. The van der Waals surface area contributed by atoms with Gasteiger partial charge in [0.2, 0.25) is 5.91 Å². The molecule has 3 saturated heterocycles. The molecule has 3 aliphatic rings. The Bertz CT molecular complexity index is 646. The van der Waals surface area contributed by atoms with Gasteiger partial charge in [-0.25, -0.2) is 0 Å². The van der Waals surface area contributed by atoms with Gasteiger partial charge in [-0.2, -0.15) is 0 Å². The first kappa shape index (κ1) is 21.8. The summed E-state index contributed by atoms with van der Waals surface area (Å²) in [5, 5.41) is 0. The van der Waals surface area contributed by atoms with Crippen molar-refractivity contribution in [1.82, 2.24) is 14.7 Å². The molecule has 0 bridgehead atoms. The monoisotopic (exact) mass is 413 g/mol. The maximum atomic E-state index is 12.9. The molecule has 0 saturated carbocycles. The summed E-state index contributed by atoms with van der Waals surface area (Å²) in [7, 11) is 1.97. The van der Waals surface area contributed by atoms with Crippen LogP contribution in [0.15, 0.2) is 30.3 Å². The van der Waals surface area contributed by atoms with Gasteiger partial charge in [-0.15, -0.1) is 0 Å². The minimum atomic E-state index is 0.213. The third kappa shape index (κ3) is 5.63. The van der Waals surface area contributed by atoms with Crippen LogP contribution in [0.2, 0.25) is 0 Å². The van der Waals surface area contributed by atoms with Crippen molar-refractivity contribution in [3.8, 4) is 0 Å². The number of piperidine rings is 2. The van der Waals surface area contributed by atoms with E-state index in [4.69, 9.17) is 4.74 Å². The first-order valence-electron chi connectivity index (χ1n) is 12.1. The molecular weight excluding hydrogens is 374 g/mol. The second-order valence-corrected chi connectivity index (χ2v) is 9.44. The number of likely N-dealkylation sites (tertiary alicyclic amines) is 2. The van der Waals surface area contributed by atoms with Crippen LogP contribution in [0.1, 0.15) is 44.1 Å². The standard InChI is InChI=1S/C25H39N3O2/c1-26(24-13-19-30-20-24)25(29)22-9-17-28(18-10-22)23-11-15-27(16-12-23)14-5-8-21-6-3-2-4-7-21/h2-4,6-7,22-24H,5,8-20H2,1H3/t24-/m0/s1. The highest BCUT2D eigenvalue weighted by Gasteiger charge is 2.34. The normalized spacial score (nSPS) is 24.9. The van der Waals surface area contributed by atoms with E-state index >= 15 is 0 Å². The number of nitrogens with zero attached hydrogens (tertiary/aromatic N) is 3. The van der Waals surface area contributed by atoms with Gasteiger partial charge < -0.3 is 19.4 Å². The molecule has 5 heteroatoms. The average Bonchev–Trinajstić information content (AvgIpc) is 3.34. The van der Waals surface area contributed by atoms with Gasteiger partial charge >= 0.3 is 0 Å². The van der Waals surface area contributed by atoms with E-state index in [1.165, 1.54) is 50.9 Å². The first-order valence-corrected chi connectivity index (χ1v) is 12.1. The molecule has 0 aliphatic carbocycles. The van der Waals surface area contributed by atoms with E-state index < -0.39 is 0 Å². The average molecular weight is 414 g/mol. The Morgan fingerprint density at radius 1 is 1.03 bits per heavy atom. The zero-order valence-electron chi connectivity index (χ0n) is 18.7. The van der Waals surface area contributed by atoms with E-state index in [0.29, 0.717) is 24.6 Å². The van der Waals surface area contributed by atoms with Gasteiger partial charge in [0.1, 0.15) is 0 Å². The van der Waals surface area contributed by atoms with Crippen LogP contribution >= 0.6 is 0 Å². The number of likely N-dealkylation sites (N-methyl/N-ethyl adjacent to an activating group) is 1. The molecule has 0 radical (unpaired) electrons. The third-order valence-electron chi connectivity index (χ3n) is 7.54. The Balaban J connectivity index is 1.13. The molecular formula is C25H39N3O2. The van der Waals surface area contributed by atoms with Crippen LogP contribution in [0.5, 0.6) is 0 Å². The Hall–Kier alpha value is -1.43. The lowest BCUT2D eigenvalue weighted by Gasteiger charge is -2.42. The smallest absolute Gasteiger partial charge is 0.225 e. The number of hydrogen-bond donors (Lipinski definition) is 0. The Morgan fingerprint density at radius 2 is 1.77 bits per heavy atom. The van der Waals surface area contributed by atoms with Crippen molar-refractivity contribution in [2.75, 3.05) is 53.0 Å². The van der Waals surface area contributed by atoms with E-state index in [1.54, 1.807) is 0 Å². The molecule has 0 N–H and O–H groups in total. The van der Waals surface area contributed by atoms with Gasteiger partial charge in [0.05, 0.1) is 12.6 Å². The molecule has 1 amide bonds. The summed E-state index contributed by atoms with van der Waals surface area (Å²) in [4.78, 5) is 20.2. The summed E-state index contributed by atoms with van der Waals surface area (Å²) >= 11 is 0. The van der Waals surface area contributed by atoms with Crippen LogP contribution in [0, 0.1) is 5.92 Å². The fourth-order valence-corrected chi connectivity index (χ4v) is 5.47. The highest BCUT2D eigenvalue weighted by molar-refractivity contribution is 5.79. The molecule has 0 unspecified atom stereocenters. The molecule has 1 aromatic rings. The lowest BCUT2D eigenvalue weighted by Crippen LogP contribution is -2.50.